The first-order chi connectivity index (χ1) is 6.25. The Morgan fingerprint density at radius 1 is 1.31 bits per heavy atom. The molecular weight excluding hydrogens is 160 g/mol. The molecule has 1 aromatic carbocycles. The second-order valence-electron chi connectivity index (χ2n) is 3.55. The molecule has 2 heteroatoms. The molecule has 0 atom stereocenters. The highest BCUT2D eigenvalue weighted by Crippen LogP contribution is 2.29. The van der Waals surface area contributed by atoms with Crippen LogP contribution in [0.5, 0.6) is 0 Å². The summed E-state index contributed by atoms with van der Waals surface area (Å²) in [6, 6.07) is 8.24. The maximum Gasteiger partial charge on any atom is 0.100 e. The largest absolute Gasteiger partial charge is 0.363 e. The number of para-hydroxylation sites is 2. The predicted octanol–water partition coefficient (Wildman–Crippen LogP) is 2.82. The van der Waals surface area contributed by atoms with Gasteiger partial charge >= 0.3 is 0 Å². The summed E-state index contributed by atoms with van der Waals surface area (Å²) in [5.74, 6) is 0. The van der Waals surface area contributed by atoms with E-state index in [4.69, 9.17) is 0 Å². The summed E-state index contributed by atoms with van der Waals surface area (Å²) in [5, 5.41) is 6.79. The Morgan fingerprint density at radius 3 is 2.31 bits per heavy atom. The van der Waals surface area contributed by atoms with Crippen LogP contribution >= 0.6 is 0 Å². The second-order valence-corrected chi connectivity index (χ2v) is 3.55. The Labute approximate surface area is 78.7 Å². The van der Waals surface area contributed by atoms with Crippen molar-refractivity contribution in [1.29, 1.82) is 0 Å². The van der Waals surface area contributed by atoms with Crippen molar-refractivity contribution in [3.05, 3.63) is 36.4 Å². The van der Waals surface area contributed by atoms with Crippen molar-refractivity contribution < 1.29 is 0 Å². The number of hydrogen-bond acceptors (Lipinski definition) is 2. The summed E-state index contributed by atoms with van der Waals surface area (Å²) >= 11 is 0. The third-order valence-electron chi connectivity index (χ3n) is 2.14. The molecule has 0 aromatic heterocycles. The Kier molecular flexibility index (Phi) is 1.97. The van der Waals surface area contributed by atoms with Gasteiger partial charge in [0, 0.05) is 6.42 Å². The van der Waals surface area contributed by atoms with Crippen LogP contribution in [0.1, 0.15) is 13.3 Å². The van der Waals surface area contributed by atoms with Gasteiger partial charge in [-0.15, -0.1) is 0 Å². The summed E-state index contributed by atoms with van der Waals surface area (Å²) in [4.78, 5) is 0. The third kappa shape index (κ3) is 1.66. The van der Waals surface area contributed by atoms with E-state index in [1.165, 1.54) is 16.9 Å². The zero-order chi connectivity index (χ0) is 9.26. The average molecular weight is 174 g/mol. The first kappa shape index (κ1) is 8.17. The van der Waals surface area contributed by atoms with E-state index >= 15 is 0 Å². The maximum atomic E-state index is 3.90. The van der Waals surface area contributed by atoms with Crippen LogP contribution in [0.15, 0.2) is 36.4 Å². The molecule has 0 bridgehead atoms. The number of fused-ring (bicyclic) bond motifs is 1. The quantitative estimate of drug-likeness (QED) is 0.674. The Bertz CT molecular complexity index is 306. The highest BCUT2D eigenvalue weighted by molar-refractivity contribution is 5.74. The molecule has 1 aliphatic heterocycles. The molecule has 2 rings (SSSR count). The van der Waals surface area contributed by atoms with Gasteiger partial charge in [-0.05, 0) is 19.1 Å². The third-order valence-corrected chi connectivity index (χ3v) is 2.14. The highest BCUT2D eigenvalue weighted by Gasteiger charge is 2.17. The molecule has 0 aliphatic carbocycles. The number of nitrogens with one attached hydrogen (secondary N) is 2. The zero-order valence-corrected chi connectivity index (χ0v) is 7.80. The minimum atomic E-state index is 0.315. The molecule has 0 saturated heterocycles. The lowest BCUT2D eigenvalue weighted by Gasteiger charge is -2.11. The van der Waals surface area contributed by atoms with Gasteiger partial charge in [0.05, 0.1) is 11.4 Å². The van der Waals surface area contributed by atoms with Gasteiger partial charge in [-0.25, -0.2) is 0 Å². The van der Waals surface area contributed by atoms with Gasteiger partial charge < -0.3 is 10.6 Å². The van der Waals surface area contributed by atoms with Crippen molar-refractivity contribution in [2.45, 2.75) is 19.5 Å². The van der Waals surface area contributed by atoms with E-state index < -0.39 is 0 Å². The molecule has 0 spiro atoms. The van der Waals surface area contributed by atoms with Gasteiger partial charge in [0.25, 0.3) is 0 Å². The van der Waals surface area contributed by atoms with Crippen LogP contribution < -0.4 is 10.6 Å². The second kappa shape index (κ2) is 3.13. The molecular formula is C11H14N2. The van der Waals surface area contributed by atoms with Crippen LogP contribution in [0.4, 0.5) is 11.4 Å². The SMILES string of the molecule is C=C(C)CC1Nc2ccccc2N1. The lowest BCUT2D eigenvalue weighted by Crippen LogP contribution is -2.21. The van der Waals surface area contributed by atoms with Gasteiger partial charge in [-0.1, -0.05) is 24.3 Å². The monoisotopic (exact) mass is 174 g/mol. The molecule has 0 saturated carbocycles. The van der Waals surface area contributed by atoms with Gasteiger partial charge in [0.1, 0.15) is 6.17 Å². The molecule has 68 valence electrons. The number of rotatable bonds is 2. The van der Waals surface area contributed by atoms with Crippen molar-refractivity contribution in [2.75, 3.05) is 10.6 Å². The molecule has 0 unspecified atom stereocenters. The van der Waals surface area contributed by atoms with Gasteiger partial charge in [-0.2, -0.15) is 0 Å². The summed E-state index contributed by atoms with van der Waals surface area (Å²) in [6.07, 6.45) is 1.28. The fourth-order valence-electron chi connectivity index (χ4n) is 1.60. The predicted molar refractivity (Wildman–Crippen MR) is 56.9 cm³/mol. The van der Waals surface area contributed by atoms with Crippen LogP contribution in [0.25, 0.3) is 0 Å². The van der Waals surface area contributed by atoms with Gasteiger partial charge in [0.2, 0.25) is 0 Å². The molecule has 1 aliphatic rings. The molecule has 2 nitrogen and oxygen atoms in total. The van der Waals surface area contributed by atoms with Crippen molar-refractivity contribution in [1.82, 2.24) is 0 Å². The smallest absolute Gasteiger partial charge is 0.100 e. The topological polar surface area (TPSA) is 24.1 Å². The summed E-state index contributed by atoms with van der Waals surface area (Å²) < 4.78 is 0. The summed E-state index contributed by atoms with van der Waals surface area (Å²) in [7, 11) is 0. The fourth-order valence-corrected chi connectivity index (χ4v) is 1.60. The zero-order valence-electron chi connectivity index (χ0n) is 7.80. The van der Waals surface area contributed by atoms with Crippen molar-refractivity contribution in [2.24, 2.45) is 0 Å². The van der Waals surface area contributed by atoms with E-state index in [0.717, 1.165) is 6.42 Å². The normalized spacial score (nSPS) is 14.5. The lowest BCUT2D eigenvalue weighted by atomic mass is 10.2. The molecule has 1 heterocycles. The maximum absolute atomic E-state index is 3.90. The average Bonchev–Trinajstić information content (AvgIpc) is 2.44. The number of hydrogen-bond donors (Lipinski definition) is 2. The van der Waals surface area contributed by atoms with E-state index in [9.17, 15) is 0 Å². The van der Waals surface area contributed by atoms with Crippen molar-refractivity contribution >= 4 is 11.4 Å². The van der Waals surface area contributed by atoms with Crippen molar-refractivity contribution in [3.63, 3.8) is 0 Å². The van der Waals surface area contributed by atoms with Crippen LogP contribution in [0.3, 0.4) is 0 Å². The van der Waals surface area contributed by atoms with E-state index in [1.54, 1.807) is 0 Å². The van der Waals surface area contributed by atoms with Crippen LogP contribution in [0, 0.1) is 0 Å². The molecule has 0 radical (unpaired) electrons. The Hall–Kier alpha value is -1.44. The Morgan fingerprint density at radius 2 is 1.85 bits per heavy atom. The van der Waals surface area contributed by atoms with E-state index in [-0.39, 0.29) is 0 Å². The lowest BCUT2D eigenvalue weighted by molar-refractivity contribution is 0.823. The van der Waals surface area contributed by atoms with Crippen LogP contribution in [-0.2, 0) is 0 Å². The molecule has 0 amide bonds. The first-order valence-electron chi connectivity index (χ1n) is 4.52. The van der Waals surface area contributed by atoms with Crippen molar-refractivity contribution in [3.8, 4) is 0 Å². The summed E-state index contributed by atoms with van der Waals surface area (Å²) in [5.41, 5.74) is 3.57. The van der Waals surface area contributed by atoms with E-state index in [2.05, 4.69) is 29.3 Å². The Balaban J connectivity index is 2.09. The highest BCUT2D eigenvalue weighted by atomic mass is 15.2. The standard InChI is InChI=1S/C11H14N2/c1-8(2)7-11-12-9-5-3-4-6-10(9)13-11/h3-6,11-13H,1,7H2,2H3. The van der Waals surface area contributed by atoms with E-state index in [1.807, 2.05) is 19.1 Å². The van der Waals surface area contributed by atoms with Gasteiger partial charge in [-0.3, -0.25) is 0 Å². The molecule has 1 aromatic rings. The number of anilines is 2. The minimum Gasteiger partial charge on any atom is -0.363 e. The molecule has 2 N–H and O–H groups in total. The van der Waals surface area contributed by atoms with E-state index in [0.29, 0.717) is 6.17 Å². The van der Waals surface area contributed by atoms with Crippen LogP contribution in [-0.4, -0.2) is 6.17 Å². The summed E-state index contributed by atoms with van der Waals surface area (Å²) in [6.45, 7) is 5.95. The first-order valence-corrected chi connectivity index (χ1v) is 4.52. The molecule has 0 fully saturated rings. The number of benzene rings is 1. The molecule has 13 heavy (non-hydrogen) atoms. The van der Waals surface area contributed by atoms with Gasteiger partial charge in [0.15, 0.2) is 0 Å². The fraction of sp³-hybridized carbons (Fsp3) is 0.273. The minimum absolute atomic E-state index is 0.315. The van der Waals surface area contributed by atoms with Crippen LogP contribution in [0.2, 0.25) is 0 Å².